The maximum absolute atomic E-state index is 4.45. The summed E-state index contributed by atoms with van der Waals surface area (Å²) in [5, 5.41) is 2.97. The van der Waals surface area contributed by atoms with E-state index in [-0.39, 0.29) is 0 Å². The first kappa shape index (κ1) is 15.4. The predicted octanol–water partition coefficient (Wildman–Crippen LogP) is 0.367. The van der Waals surface area contributed by atoms with Crippen LogP contribution >= 0.6 is 0 Å². The van der Waals surface area contributed by atoms with Gasteiger partial charge in [-0.2, -0.15) is 15.0 Å². The van der Waals surface area contributed by atoms with Gasteiger partial charge < -0.3 is 20.0 Å². The van der Waals surface area contributed by atoms with Crippen molar-refractivity contribution in [3.8, 4) is 0 Å². The molecule has 0 aliphatic carbocycles. The Morgan fingerprint density at radius 2 is 1.53 bits per heavy atom. The Bertz CT molecular complexity index is 392. The van der Waals surface area contributed by atoms with E-state index in [0.717, 1.165) is 19.5 Å². The average molecular weight is 267 g/mol. The molecule has 0 atom stereocenters. The molecule has 0 radical (unpaired) electrons. The van der Waals surface area contributed by atoms with E-state index in [4.69, 9.17) is 0 Å². The minimum absolute atomic E-state index is 0.591. The van der Waals surface area contributed by atoms with Crippen LogP contribution in [0.2, 0.25) is 0 Å². The molecule has 19 heavy (non-hydrogen) atoms. The molecule has 0 aliphatic heterocycles. The molecule has 7 heteroatoms. The lowest BCUT2D eigenvalue weighted by atomic mass is 10.4. The molecule has 1 rings (SSSR count). The molecule has 1 aromatic heterocycles. The molecule has 0 saturated heterocycles. The molecule has 1 aromatic rings. The molecule has 0 amide bonds. The highest BCUT2D eigenvalue weighted by molar-refractivity contribution is 5.43. The fourth-order valence-electron chi connectivity index (χ4n) is 1.56. The van der Waals surface area contributed by atoms with Gasteiger partial charge in [-0.15, -0.1) is 0 Å². The molecule has 7 nitrogen and oxygen atoms in total. The summed E-state index contributed by atoms with van der Waals surface area (Å²) in [6, 6.07) is 0. The number of nitrogens with zero attached hydrogens (tertiary/aromatic N) is 6. The van der Waals surface area contributed by atoms with Gasteiger partial charge in [0.05, 0.1) is 0 Å². The van der Waals surface area contributed by atoms with Gasteiger partial charge in [0.15, 0.2) is 0 Å². The molecule has 0 saturated carbocycles. The van der Waals surface area contributed by atoms with Gasteiger partial charge in [-0.05, 0) is 27.1 Å². The maximum Gasteiger partial charge on any atom is 0.231 e. The Labute approximate surface area is 115 Å². The average Bonchev–Trinajstić information content (AvgIpc) is 2.37. The molecule has 0 spiro atoms. The third-order valence-electron chi connectivity index (χ3n) is 2.68. The number of rotatable bonds is 7. The number of nitrogens with one attached hydrogen (secondary N) is 1. The third kappa shape index (κ3) is 4.86. The predicted molar refractivity (Wildman–Crippen MR) is 80.1 cm³/mol. The minimum atomic E-state index is 0.591. The summed E-state index contributed by atoms with van der Waals surface area (Å²) in [4.78, 5) is 19.2. The second kappa shape index (κ2) is 7.08. The van der Waals surface area contributed by atoms with Gasteiger partial charge in [-0.3, -0.25) is 0 Å². The van der Waals surface area contributed by atoms with Crippen molar-refractivity contribution in [3.05, 3.63) is 0 Å². The highest BCUT2D eigenvalue weighted by Gasteiger charge is 2.10. The van der Waals surface area contributed by atoms with Crippen LogP contribution in [0.1, 0.15) is 6.42 Å². The van der Waals surface area contributed by atoms with Crippen LogP contribution in [-0.4, -0.2) is 75.2 Å². The van der Waals surface area contributed by atoms with Crippen molar-refractivity contribution in [2.24, 2.45) is 0 Å². The van der Waals surface area contributed by atoms with Crippen LogP contribution in [0.3, 0.4) is 0 Å². The Morgan fingerprint density at radius 3 is 2.05 bits per heavy atom. The highest BCUT2D eigenvalue weighted by atomic mass is 15.3. The molecule has 108 valence electrons. The lowest BCUT2D eigenvalue weighted by Gasteiger charge is -2.20. The topological polar surface area (TPSA) is 60.4 Å². The molecule has 0 aromatic carbocycles. The normalized spacial score (nSPS) is 10.7. The van der Waals surface area contributed by atoms with Crippen molar-refractivity contribution in [1.82, 2.24) is 19.9 Å². The summed E-state index contributed by atoms with van der Waals surface area (Å²) in [6.45, 7) is 1.97. The molecule has 1 heterocycles. The number of hydrogen-bond acceptors (Lipinski definition) is 7. The van der Waals surface area contributed by atoms with Crippen LogP contribution in [0, 0.1) is 0 Å². The van der Waals surface area contributed by atoms with Crippen molar-refractivity contribution < 1.29 is 0 Å². The second-order valence-corrected chi connectivity index (χ2v) is 4.98. The van der Waals surface area contributed by atoms with Crippen LogP contribution < -0.4 is 15.1 Å². The SMILES string of the molecule is CNc1nc(N(C)C)nc(N(C)CCCN(C)C)n1. The van der Waals surface area contributed by atoms with Crippen molar-refractivity contribution >= 4 is 17.8 Å². The first-order valence-electron chi connectivity index (χ1n) is 6.41. The van der Waals surface area contributed by atoms with Gasteiger partial charge in [0.25, 0.3) is 0 Å². The molecule has 1 N–H and O–H groups in total. The van der Waals surface area contributed by atoms with E-state index in [9.17, 15) is 0 Å². The first-order chi connectivity index (χ1) is 8.93. The quantitative estimate of drug-likeness (QED) is 0.765. The largest absolute Gasteiger partial charge is 0.357 e. The number of aromatic nitrogens is 3. The Kier molecular flexibility index (Phi) is 5.75. The molecule has 0 bridgehead atoms. The van der Waals surface area contributed by atoms with Gasteiger partial charge in [0.1, 0.15) is 0 Å². The lowest BCUT2D eigenvalue weighted by Crippen LogP contribution is -2.26. The zero-order valence-electron chi connectivity index (χ0n) is 12.8. The van der Waals surface area contributed by atoms with Crippen LogP contribution in [0.5, 0.6) is 0 Å². The fourth-order valence-corrected chi connectivity index (χ4v) is 1.56. The van der Waals surface area contributed by atoms with E-state index in [1.165, 1.54) is 0 Å². The van der Waals surface area contributed by atoms with Gasteiger partial charge in [0.2, 0.25) is 17.8 Å². The Morgan fingerprint density at radius 1 is 0.895 bits per heavy atom. The molecular weight excluding hydrogens is 242 g/mol. The van der Waals surface area contributed by atoms with Crippen LogP contribution in [0.4, 0.5) is 17.8 Å². The Hall–Kier alpha value is -1.63. The summed E-state index contributed by atoms with van der Waals surface area (Å²) < 4.78 is 0. The van der Waals surface area contributed by atoms with Crippen molar-refractivity contribution in [1.29, 1.82) is 0 Å². The Balaban J connectivity index is 2.77. The van der Waals surface area contributed by atoms with Crippen molar-refractivity contribution in [2.45, 2.75) is 6.42 Å². The van der Waals surface area contributed by atoms with E-state index < -0.39 is 0 Å². The van der Waals surface area contributed by atoms with Crippen LogP contribution in [-0.2, 0) is 0 Å². The van der Waals surface area contributed by atoms with E-state index in [1.54, 1.807) is 0 Å². The van der Waals surface area contributed by atoms with Gasteiger partial charge in [0, 0.05) is 34.7 Å². The summed E-state index contributed by atoms with van der Waals surface area (Å²) in [6.07, 6.45) is 1.07. The molecule has 0 unspecified atom stereocenters. The molecule has 0 fully saturated rings. The summed E-state index contributed by atoms with van der Waals surface area (Å²) >= 11 is 0. The van der Waals surface area contributed by atoms with Crippen LogP contribution in [0.15, 0.2) is 0 Å². The highest BCUT2D eigenvalue weighted by Crippen LogP contribution is 2.13. The minimum Gasteiger partial charge on any atom is -0.357 e. The molecular formula is C12H25N7. The van der Waals surface area contributed by atoms with Gasteiger partial charge in [-0.25, -0.2) is 0 Å². The second-order valence-electron chi connectivity index (χ2n) is 4.98. The summed E-state index contributed by atoms with van der Waals surface area (Å²) in [5.74, 6) is 1.95. The smallest absolute Gasteiger partial charge is 0.231 e. The zero-order chi connectivity index (χ0) is 14.4. The third-order valence-corrected chi connectivity index (χ3v) is 2.68. The van der Waals surface area contributed by atoms with E-state index in [0.29, 0.717) is 17.8 Å². The summed E-state index contributed by atoms with van der Waals surface area (Å²) in [5.41, 5.74) is 0. The van der Waals surface area contributed by atoms with Crippen molar-refractivity contribution in [3.63, 3.8) is 0 Å². The summed E-state index contributed by atoms with van der Waals surface area (Å²) in [7, 11) is 11.8. The molecule has 0 aliphatic rings. The monoisotopic (exact) mass is 267 g/mol. The number of hydrogen-bond donors (Lipinski definition) is 1. The van der Waals surface area contributed by atoms with Crippen molar-refractivity contribution in [2.75, 3.05) is 70.5 Å². The van der Waals surface area contributed by atoms with Crippen LogP contribution in [0.25, 0.3) is 0 Å². The zero-order valence-corrected chi connectivity index (χ0v) is 12.8. The fraction of sp³-hybridized carbons (Fsp3) is 0.750. The number of anilines is 3. The maximum atomic E-state index is 4.45. The van der Waals surface area contributed by atoms with E-state index in [2.05, 4.69) is 44.2 Å². The van der Waals surface area contributed by atoms with E-state index >= 15 is 0 Å². The van der Waals surface area contributed by atoms with E-state index in [1.807, 2.05) is 33.1 Å². The van der Waals surface area contributed by atoms with Gasteiger partial charge in [-0.1, -0.05) is 0 Å². The first-order valence-corrected chi connectivity index (χ1v) is 6.41. The standard InChI is InChI=1S/C12H25N7/c1-13-10-14-11(18(4)5)16-12(15-10)19(6)9-7-8-17(2)3/h7-9H2,1-6H3,(H,13,14,15,16). The lowest BCUT2D eigenvalue weighted by molar-refractivity contribution is 0.401. The van der Waals surface area contributed by atoms with Gasteiger partial charge >= 0.3 is 0 Å².